The van der Waals surface area contributed by atoms with Crippen LogP contribution in [0.5, 0.6) is 5.75 Å². The third-order valence-corrected chi connectivity index (χ3v) is 3.07. The Morgan fingerprint density at radius 3 is 2.72 bits per heavy atom. The number of nitrogens with two attached hydrogens (primary N) is 1. The van der Waals surface area contributed by atoms with E-state index in [9.17, 15) is 9.18 Å². The highest BCUT2D eigenvalue weighted by molar-refractivity contribution is 5.97. The standard InChI is InChI=1S/C13H19FN2O2/c1-4-13(2,8-15)16-12(17)11-9(14)6-5-7-10(11)18-3/h5-7H,4,8,15H2,1-3H3,(H,16,17). The predicted molar refractivity (Wildman–Crippen MR) is 68.2 cm³/mol. The van der Waals surface area contributed by atoms with Crippen molar-refractivity contribution in [3.8, 4) is 5.75 Å². The van der Waals surface area contributed by atoms with Crippen LogP contribution in [-0.4, -0.2) is 25.1 Å². The topological polar surface area (TPSA) is 64.3 Å². The molecule has 0 heterocycles. The van der Waals surface area contributed by atoms with Gasteiger partial charge in [0.1, 0.15) is 17.1 Å². The van der Waals surface area contributed by atoms with Crippen LogP contribution in [0.3, 0.4) is 0 Å². The lowest BCUT2D eigenvalue weighted by Gasteiger charge is -2.28. The number of nitrogens with one attached hydrogen (secondary N) is 1. The lowest BCUT2D eigenvalue weighted by molar-refractivity contribution is 0.0899. The molecule has 0 bridgehead atoms. The fourth-order valence-corrected chi connectivity index (χ4v) is 1.52. The molecule has 100 valence electrons. The summed E-state index contributed by atoms with van der Waals surface area (Å²) in [6.07, 6.45) is 0.659. The van der Waals surface area contributed by atoms with E-state index < -0.39 is 17.3 Å². The van der Waals surface area contributed by atoms with Gasteiger partial charge in [-0.15, -0.1) is 0 Å². The second-order valence-corrected chi connectivity index (χ2v) is 4.39. The highest BCUT2D eigenvalue weighted by Crippen LogP contribution is 2.22. The first-order chi connectivity index (χ1) is 8.47. The zero-order valence-corrected chi connectivity index (χ0v) is 10.9. The van der Waals surface area contributed by atoms with E-state index in [0.29, 0.717) is 6.42 Å². The van der Waals surface area contributed by atoms with Crippen molar-refractivity contribution in [2.45, 2.75) is 25.8 Å². The summed E-state index contributed by atoms with van der Waals surface area (Å²) in [5, 5.41) is 2.74. The Morgan fingerprint density at radius 2 is 2.22 bits per heavy atom. The quantitative estimate of drug-likeness (QED) is 0.840. The summed E-state index contributed by atoms with van der Waals surface area (Å²) in [5.41, 5.74) is 4.97. The Labute approximate surface area is 106 Å². The number of carbonyl (C=O) groups excluding carboxylic acids is 1. The number of rotatable bonds is 5. The molecule has 1 aromatic carbocycles. The minimum absolute atomic E-state index is 0.0897. The summed E-state index contributed by atoms with van der Waals surface area (Å²) in [7, 11) is 1.40. The normalized spacial score (nSPS) is 13.8. The van der Waals surface area contributed by atoms with Gasteiger partial charge in [0.15, 0.2) is 0 Å². The second kappa shape index (κ2) is 5.82. The molecule has 0 aliphatic rings. The van der Waals surface area contributed by atoms with Gasteiger partial charge < -0.3 is 15.8 Å². The van der Waals surface area contributed by atoms with E-state index in [4.69, 9.17) is 10.5 Å². The van der Waals surface area contributed by atoms with Crippen LogP contribution >= 0.6 is 0 Å². The maximum atomic E-state index is 13.7. The van der Waals surface area contributed by atoms with E-state index in [0.717, 1.165) is 0 Å². The van der Waals surface area contributed by atoms with Crippen molar-refractivity contribution >= 4 is 5.91 Å². The van der Waals surface area contributed by atoms with Crippen LogP contribution in [0, 0.1) is 5.82 Å². The molecule has 0 aliphatic carbocycles. The second-order valence-electron chi connectivity index (χ2n) is 4.39. The summed E-state index contributed by atoms with van der Waals surface area (Å²) >= 11 is 0. The molecule has 1 unspecified atom stereocenters. The molecule has 5 heteroatoms. The number of hydrogen-bond donors (Lipinski definition) is 2. The minimum atomic E-state index is -0.609. The Hall–Kier alpha value is -1.62. The highest BCUT2D eigenvalue weighted by Gasteiger charge is 2.26. The van der Waals surface area contributed by atoms with Gasteiger partial charge in [-0.1, -0.05) is 13.0 Å². The van der Waals surface area contributed by atoms with Gasteiger partial charge in [-0.05, 0) is 25.5 Å². The summed E-state index contributed by atoms with van der Waals surface area (Å²) in [5.74, 6) is -0.912. The number of benzene rings is 1. The number of methoxy groups -OCH3 is 1. The van der Waals surface area contributed by atoms with Crippen LogP contribution in [0.15, 0.2) is 18.2 Å². The number of carbonyl (C=O) groups is 1. The SMILES string of the molecule is CCC(C)(CN)NC(=O)c1c(F)cccc1OC. The molecule has 0 aliphatic heterocycles. The number of halogens is 1. The van der Waals surface area contributed by atoms with Gasteiger partial charge in [0, 0.05) is 12.1 Å². The lowest BCUT2D eigenvalue weighted by Crippen LogP contribution is -2.51. The first-order valence-corrected chi connectivity index (χ1v) is 5.82. The van der Waals surface area contributed by atoms with Crippen molar-refractivity contribution in [3.63, 3.8) is 0 Å². The first-order valence-electron chi connectivity index (χ1n) is 5.82. The van der Waals surface area contributed by atoms with Crippen LogP contribution < -0.4 is 15.8 Å². The Morgan fingerprint density at radius 1 is 1.56 bits per heavy atom. The molecule has 0 spiro atoms. The molecular weight excluding hydrogens is 235 g/mol. The zero-order valence-electron chi connectivity index (χ0n) is 10.9. The van der Waals surface area contributed by atoms with Crippen LogP contribution in [0.25, 0.3) is 0 Å². The Bertz CT molecular complexity index is 431. The largest absolute Gasteiger partial charge is 0.496 e. The van der Waals surface area contributed by atoms with E-state index >= 15 is 0 Å². The average Bonchev–Trinajstić information content (AvgIpc) is 2.37. The van der Waals surface area contributed by atoms with E-state index in [-0.39, 0.29) is 17.9 Å². The predicted octanol–water partition coefficient (Wildman–Crippen LogP) is 1.69. The lowest BCUT2D eigenvalue weighted by atomic mass is 9.98. The van der Waals surface area contributed by atoms with E-state index in [2.05, 4.69) is 5.32 Å². The molecule has 1 amide bonds. The highest BCUT2D eigenvalue weighted by atomic mass is 19.1. The number of hydrogen-bond acceptors (Lipinski definition) is 3. The van der Waals surface area contributed by atoms with Crippen LogP contribution in [0.2, 0.25) is 0 Å². The minimum Gasteiger partial charge on any atom is -0.496 e. The maximum absolute atomic E-state index is 13.7. The summed E-state index contributed by atoms with van der Waals surface area (Å²) in [6, 6.07) is 4.26. The van der Waals surface area contributed by atoms with Crippen LogP contribution in [0.1, 0.15) is 30.6 Å². The van der Waals surface area contributed by atoms with Gasteiger partial charge in [0.25, 0.3) is 5.91 Å². The Kier molecular flexibility index (Phi) is 4.67. The average molecular weight is 254 g/mol. The molecule has 0 saturated heterocycles. The molecule has 0 fully saturated rings. The Balaban J connectivity index is 3.04. The monoisotopic (exact) mass is 254 g/mol. The summed E-state index contributed by atoms with van der Waals surface area (Å²) in [4.78, 5) is 12.1. The van der Waals surface area contributed by atoms with Crippen molar-refractivity contribution in [3.05, 3.63) is 29.6 Å². The summed E-state index contributed by atoms with van der Waals surface area (Å²) in [6.45, 7) is 4.01. The van der Waals surface area contributed by atoms with Gasteiger partial charge in [0.05, 0.1) is 7.11 Å². The van der Waals surface area contributed by atoms with E-state index in [1.165, 1.54) is 19.2 Å². The fraction of sp³-hybridized carbons (Fsp3) is 0.462. The number of ether oxygens (including phenoxy) is 1. The van der Waals surface area contributed by atoms with Crippen LogP contribution in [-0.2, 0) is 0 Å². The molecular formula is C13H19FN2O2. The summed E-state index contributed by atoms with van der Waals surface area (Å²) < 4.78 is 18.7. The van der Waals surface area contributed by atoms with Gasteiger partial charge in [-0.2, -0.15) is 0 Å². The van der Waals surface area contributed by atoms with Gasteiger partial charge in [-0.3, -0.25) is 4.79 Å². The first kappa shape index (κ1) is 14.4. The molecule has 18 heavy (non-hydrogen) atoms. The maximum Gasteiger partial charge on any atom is 0.258 e. The van der Waals surface area contributed by atoms with Gasteiger partial charge in [0.2, 0.25) is 0 Å². The molecule has 0 radical (unpaired) electrons. The van der Waals surface area contributed by atoms with E-state index in [1.54, 1.807) is 6.07 Å². The van der Waals surface area contributed by atoms with Crippen LogP contribution in [0.4, 0.5) is 4.39 Å². The molecule has 1 rings (SSSR count). The van der Waals surface area contributed by atoms with Crippen molar-refractivity contribution in [2.75, 3.05) is 13.7 Å². The molecule has 0 saturated carbocycles. The smallest absolute Gasteiger partial charge is 0.258 e. The van der Waals surface area contributed by atoms with E-state index in [1.807, 2.05) is 13.8 Å². The van der Waals surface area contributed by atoms with Crippen molar-refractivity contribution in [2.24, 2.45) is 5.73 Å². The third kappa shape index (κ3) is 2.98. The fourth-order valence-electron chi connectivity index (χ4n) is 1.52. The van der Waals surface area contributed by atoms with Crippen molar-refractivity contribution in [1.82, 2.24) is 5.32 Å². The van der Waals surface area contributed by atoms with Crippen molar-refractivity contribution < 1.29 is 13.9 Å². The van der Waals surface area contributed by atoms with Crippen molar-refractivity contribution in [1.29, 1.82) is 0 Å². The van der Waals surface area contributed by atoms with Gasteiger partial charge in [-0.25, -0.2) is 4.39 Å². The molecule has 0 aromatic heterocycles. The molecule has 1 atom stereocenters. The molecule has 4 nitrogen and oxygen atoms in total. The third-order valence-electron chi connectivity index (χ3n) is 3.07. The molecule has 1 aromatic rings. The number of amides is 1. The zero-order chi connectivity index (χ0) is 13.8. The molecule has 3 N–H and O–H groups in total. The van der Waals surface area contributed by atoms with Gasteiger partial charge >= 0.3 is 0 Å².